The Balaban J connectivity index is 1.55. The van der Waals surface area contributed by atoms with Gasteiger partial charge in [0.2, 0.25) is 5.91 Å². The van der Waals surface area contributed by atoms with E-state index in [4.69, 9.17) is 16.3 Å². The number of hydrogen-bond acceptors (Lipinski definition) is 2. The predicted octanol–water partition coefficient (Wildman–Crippen LogP) is 2.96. The van der Waals surface area contributed by atoms with Crippen molar-refractivity contribution >= 4 is 17.5 Å². The van der Waals surface area contributed by atoms with Gasteiger partial charge in [-0.1, -0.05) is 23.7 Å². The van der Waals surface area contributed by atoms with Gasteiger partial charge in [0.1, 0.15) is 0 Å². The first-order valence-corrected chi connectivity index (χ1v) is 7.67. The topological polar surface area (TPSA) is 38.3 Å². The van der Waals surface area contributed by atoms with Crippen molar-refractivity contribution < 1.29 is 9.53 Å². The lowest BCUT2D eigenvalue weighted by Gasteiger charge is -2.52. The van der Waals surface area contributed by atoms with Gasteiger partial charge in [-0.2, -0.15) is 0 Å². The van der Waals surface area contributed by atoms with Gasteiger partial charge in [0, 0.05) is 24.3 Å². The van der Waals surface area contributed by atoms with Gasteiger partial charge >= 0.3 is 0 Å². The number of ether oxygens (including phenoxy) is 1. The second kappa shape index (κ2) is 5.74. The monoisotopic (exact) mass is 293 g/mol. The normalized spacial score (nSPS) is 24.1. The molecular formula is C16H20ClNO2. The van der Waals surface area contributed by atoms with E-state index in [1.54, 1.807) is 0 Å². The minimum absolute atomic E-state index is 0.114. The van der Waals surface area contributed by atoms with Crippen molar-refractivity contribution in [2.24, 2.45) is 5.41 Å². The van der Waals surface area contributed by atoms with Crippen LogP contribution in [0.3, 0.4) is 0 Å². The van der Waals surface area contributed by atoms with E-state index in [1.165, 1.54) is 6.42 Å². The molecule has 20 heavy (non-hydrogen) atoms. The maximum atomic E-state index is 12.2. The maximum absolute atomic E-state index is 12.2. The molecule has 1 aliphatic heterocycles. The van der Waals surface area contributed by atoms with Crippen molar-refractivity contribution in [2.75, 3.05) is 13.2 Å². The first kappa shape index (κ1) is 13.9. The number of carbonyl (C=O) groups is 1. The summed E-state index contributed by atoms with van der Waals surface area (Å²) in [5, 5.41) is 3.92. The lowest BCUT2D eigenvalue weighted by molar-refractivity contribution is -0.126. The summed E-state index contributed by atoms with van der Waals surface area (Å²) in [6.45, 7) is 1.67. The zero-order chi connectivity index (χ0) is 14.0. The molecule has 1 atom stereocenters. The minimum Gasteiger partial charge on any atom is -0.381 e. The Morgan fingerprint density at radius 1 is 1.25 bits per heavy atom. The largest absolute Gasteiger partial charge is 0.381 e. The third kappa shape index (κ3) is 2.84. The summed E-state index contributed by atoms with van der Waals surface area (Å²) in [6, 6.07) is 7.81. The van der Waals surface area contributed by atoms with Crippen LogP contribution in [0.15, 0.2) is 24.3 Å². The van der Waals surface area contributed by atoms with E-state index >= 15 is 0 Å². The van der Waals surface area contributed by atoms with Gasteiger partial charge in [0.05, 0.1) is 6.42 Å². The van der Waals surface area contributed by atoms with E-state index in [9.17, 15) is 4.79 Å². The van der Waals surface area contributed by atoms with E-state index < -0.39 is 0 Å². The fourth-order valence-corrected chi connectivity index (χ4v) is 3.46. The van der Waals surface area contributed by atoms with Crippen molar-refractivity contribution in [3.63, 3.8) is 0 Å². The summed E-state index contributed by atoms with van der Waals surface area (Å²) in [5.74, 6) is 0.114. The van der Waals surface area contributed by atoms with Crippen LogP contribution < -0.4 is 5.32 Å². The molecule has 108 valence electrons. The molecular weight excluding hydrogens is 274 g/mol. The number of nitrogens with one attached hydrogen (secondary N) is 1. The smallest absolute Gasteiger partial charge is 0.224 e. The quantitative estimate of drug-likeness (QED) is 0.930. The molecule has 4 heteroatoms. The highest BCUT2D eigenvalue weighted by Crippen LogP contribution is 2.48. The Kier molecular flexibility index (Phi) is 3.99. The van der Waals surface area contributed by atoms with Crippen LogP contribution in [0.25, 0.3) is 0 Å². The molecule has 1 aromatic rings. The van der Waals surface area contributed by atoms with Crippen molar-refractivity contribution in [3.8, 4) is 0 Å². The van der Waals surface area contributed by atoms with Crippen LogP contribution in [0.5, 0.6) is 0 Å². The second-order valence-corrected chi connectivity index (χ2v) is 6.37. The molecule has 2 aliphatic rings. The van der Waals surface area contributed by atoms with E-state index in [2.05, 4.69) is 5.32 Å². The minimum atomic E-state index is 0.114. The van der Waals surface area contributed by atoms with E-state index in [0.717, 1.165) is 38.0 Å². The number of rotatable bonds is 3. The molecule has 1 aliphatic carbocycles. The molecule has 2 fully saturated rings. The van der Waals surface area contributed by atoms with Crippen LogP contribution in [0.2, 0.25) is 5.02 Å². The zero-order valence-corrected chi connectivity index (χ0v) is 12.3. The predicted molar refractivity (Wildman–Crippen MR) is 78.8 cm³/mol. The van der Waals surface area contributed by atoms with Gasteiger partial charge in [-0.3, -0.25) is 4.79 Å². The molecule has 0 radical (unpaired) electrons. The molecule has 1 heterocycles. The summed E-state index contributed by atoms with van der Waals surface area (Å²) in [6.07, 6.45) is 4.92. The van der Waals surface area contributed by atoms with Gasteiger partial charge < -0.3 is 10.1 Å². The molecule has 1 aromatic carbocycles. The summed E-state index contributed by atoms with van der Waals surface area (Å²) in [7, 11) is 0. The number of halogens is 1. The first-order chi connectivity index (χ1) is 9.68. The van der Waals surface area contributed by atoms with Crippen LogP contribution in [-0.2, 0) is 16.0 Å². The maximum Gasteiger partial charge on any atom is 0.224 e. The standard InChI is InChI=1S/C16H20ClNO2/c17-13-3-1-12(2-4-13)11-15(19)18-14-5-6-16(14)7-9-20-10-8-16/h1-4,14H,5-11H2,(H,18,19). The molecule has 1 spiro atoms. The van der Waals surface area contributed by atoms with Crippen molar-refractivity contribution in [2.45, 2.75) is 38.1 Å². The molecule has 1 N–H and O–H groups in total. The third-order valence-electron chi connectivity index (χ3n) is 4.77. The zero-order valence-electron chi connectivity index (χ0n) is 11.5. The fourth-order valence-electron chi connectivity index (χ4n) is 3.33. The number of carbonyl (C=O) groups excluding carboxylic acids is 1. The van der Waals surface area contributed by atoms with Crippen LogP contribution in [0.4, 0.5) is 0 Å². The third-order valence-corrected chi connectivity index (χ3v) is 5.02. The lowest BCUT2D eigenvalue weighted by atomic mass is 9.60. The molecule has 3 nitrogen and oxygen atoms in total. The van der Waals surface area contributed by atoms with E-state index in [1.807, 2.05) is 24.3 Å². The second-order valence-electron chi connectivity index (χ2n) is 5.94. The summed E-state index contributed by atoms with van der Waals surface area (Å²) >= 11 is 5.85. The molecule has 1 unspecified atom stereocenters. The Hall–Kier alpha value is -1.06. The Morgan fingerprint density at radius 2 is 1.95 bits per heavy atom. The average molecular weight is 294 g/mol. The van der Waals surface area contributed by atoms with E-state index in [0.29, 0.717) is 22.9 Å². The SMILES string of the molecule is O=C(Cc1ccc(Cl)cc1)NC1CCC12CCOCC2. The number of benzene rings is 1. The van der Waals surface area contributed by atoms with Crippen molar-refractivity contribution in [1.29, 1.82) is 0 Å². The van der Waals surface area contributed by atoms with Gasteiger partial charge in [-0.25, -0.2) is 0 Å². The first-order valence-electron chi connectivity index (χ1n) is 7.30. The Bertz CT molecular complexity index is 480. The van der Waals surface area contributed by atoms with Crippen molar-refractivity contribution in [1.82, 2.24) is 5.32 Å². The number of amides is 1. The molecule has 1 saturated heterocycles. The van der Waals surface area contributed by atoms with Crippen LogP contribution in [0, 0.1) is 5.41 Å². The van der Waals surface area contributed by atoms with Gasteiger partial charge in [-0.05, 0) is 48.8 Å². The van der Waals surface area contributed by atoms with Gasteiger partial charge in [-0.15, -0.1) is 0 Å². The highest BCUT2D eigenvalue weighted by atomic mass is 35.5. The molecule has 1 saturated carbocycles. The Labute approximate surface area is 124 Å². The van der Waals surface area contributed by atoms with Crippen molar-refractivity contribution in [3.05, 3.63) is 34.9 Å². The highest BCUT2D eigenvalue weighted by Gasteiger charge is 2.47. The fraction of sp³-hybridized carbons (Fsp3) is 0.562. The number of hydrogen-bond donors (Lipinski definition) is 1. The summed E-state index contributed by atoms with van der Waals surface area (Å²) in [5.41, 5.74) is 1.32. The van der Waals surface area contributed by atoms with E-state index in [-0.39, 0.29) is 5.91 Å². The molecule has 1 amide bonds. The molecule has 0 bridgehead atoms. The van der Waals surface area contributed by atoms with Gasteiger partial charge in [0.25, 0.3) is 0 Å². The molecule has 3 rings (SSSR count). The Morgan fingerprint density at radius 3 is 2.55 bits per heavy atom. The summed E-state index contributed by atoms with van der Waals surface area (Å²) in [4.78, 5) is 12.2. The van der Waals surface area contributed by atoms with Crippen LogP contribution >= 0.6 is 11.6 Å². The highest BCUT2D eigenvalue weighted by molar-refractivity contribution is 6.30. The average Bonchev–Trinajstić information content (AvgIpc) is 2.47. The molecule has 0 aromatic heterocycles. The van der Waals surface area contributed by atoms with Crippen LogP contribution in [0.1, 0.15) is 31.2 Å². The van der Waals surface area contributed by atoms with Gasteiger partial charge in [0.15, 0.2) is 0 Å². The lowest BCUT2D eigenvalue weighted by Crippen LogP contribution is -2.57. The summed E-state index contributed by atoms with van der Waals surface area (Å²) < 4.78 is 5.44. The van der Waals surface area contributed by atoms with Crippen LogP contribution in [-0.4, -0.2) is 25.2 Å².